The molecule has 40 heavy (non-hydrogen) atoms. The lowest BCUT2D eigenvalue weighted by Gasteiger charge is -2.39. The predicted octanol–water partition coefficient (Wildman–Crippen LogP) is 6.88. The molecule has 0 spiro atoms. The first kappa shape index (κ1) is 28.5. The number of amides is 1. The zero-order valence-electron chi connectivity index (χ0n) is 24.0. The van der Waals surface area contributed by atoms with E-state index < -0.39 is 5.91 Å². The molecule has 1 aliphatic carbocycles. The molecular formula is C32H42ClN5O2. The van der Waals surface area contributed by atoms with Crippen LogP contribution in [0.4, 0.5) is 5.69 Å². The lowest BCUT2D eigenvalue weighted by atomic mass is 9.73. The number of fused-ring (bicyclic) bond motifs is 1. The Morgan fingerprint density at radius 1 is 1.18 bits per heavy atom. The molecule has 0 radical (unpaired) electrons. The Bertz CT molecular complexity index is 1370. The third-order valence-corrected chi connectivity index (χ3v) is 8.58. The minimum absolute atomic E-state index is 0.246. The van der Waals surface area contributed by atoms with Gasteiger partial charge in [0, 0.05) is 61.4 Å². The van der Waals surface area contributed by atoms with E-state index >= 15 is 0 Å². The van der Waals surface area contributed by atoms with Gasteiger partial charge >= 0.3 is 0 Å². The fourth-order valence-electron chi connectivity index (χ4n) is 6.04. The number of H-pyrrole nitrogens is 1. The van der Waals surface area contributed by atoms with E-state index in [9.17, 15) is 4.79 Å². The zero-order chi connectivity index (χ0) is 28.3. The number of anilines is 1. The van der Waals surface area contributed by atoms with Gasteiger partial charge in [-0.05, 0) is 75.1 Å². The standard InChI is InChI=1S/C32H42ClN5O2/c1-22(33)5-4-6-24-19-32(2,3)11-9-25(24)21-37-13-15-38(16-14-37)26-7-8-28(30(34)39)29(18-26)40-27-17-23-10-12-35-31(23)36-20-27/h7-8,10,12,17-18,20,22H,4-6,9,11,13-16,19,21H2,1-3H3,(H2,34,39)(H,35,36). The van der Waals surface area contributed by atoms with Crippen molar-refractivity contribution >= 4 is 34.2 Å². The summed E-state index contributed by atoms with van der Waals surface area (Å²) in [7, 11) is 0. The third-order valence-electron chi connectivity index (χ3n) is 8.36. The zero-order valence-corrected chi connectivity index (χ0v) is 24.8. The molecule has 8 heteroatoms. The Hall–Kier alpha value is -3.03. The number of piperazine rings is 1. The van der Waals surface area contributed by atoms with Gasteiger partial charge in [-0.25, -0.2) is 4.98 Å². The van der Waals surface area contributed by atoms with Gasteiger partial charge in [0.25, 0.3) is 5.91 Å². The Balaban J connectivity index is 1.25. The second-order valence-electron chi connectivity index (χ2n) is 12.2. The number of pyridine rings is 1. The molecule has 3 N–H and O–H groups in total. The Kier molecular flexibility index (Phi) is 8.71. The summed E-state index contributed by atoms with van der Waals surface area (Å²) in [5, 5.41) is 1.19. The largest absolute Gasteiger partial charge is 0.455 e. The van der Waals surface area contributed by atoms with Crippen LogP contribution in [0.5, 0.6) is 11.5 Å². The number of nitrogens with two attached hydrogens (primary N) is 1. The van der Waals surface area contributed by atoms with E-state index in [-0.39, 0.29) is 5.38 Å². The monoisotopic (exact) mass is 563 g/mol. The maximum Gasteiger partial charge on any atom is 0.252 e. The summed E-state index contributed by atoms with van der Waals surface area (Å²) < 4.78 is 6.15. The maximum absolute atomic E-state index is 12.2. The molecule has 1 saturated heterocycles. The van der Waals surface area contributed by atoms with Crippen molar-refractivity contribution in [1.82, 2.24) is 14.9 Å². The summed E-state index contributed by atoms with van der Waals surface area (Å²) in [5.41, 5.74) is 11.6. The first-order chi connectivity index (χ1) is 19.2. The van der Waals surface area contributed by atoms with Gasteiger partial charge in [0.1, 0.15) is 17.1 Å². The van der Waals surface area contributed by atoms with E-state index in [1.54, 1.807) is 23.4 Å². The van der Waals surface area contributed by atoms with Gasteiger partial charge in [-0.3, -0.25) is 9.69 Å². The number of nitrogens with zero attached hydrogens (tertiary/aromatic N) is 3. The van der Waals surface area contributed by atoms with E-state index in [2.05, 4.69) is 40.5 Å². The van der Waals surface area contributed by atoms with Gasteiger partial charge in [0.15, 0.2) is 0 Å². The Morgan fingerprint density at radius 3 is 2.73 bits per heavy atom. The van der Waals surface area contributed by atoms with Crippen molar-refractivity contribution in [1.29, 1.82) is 0 Å². The highest BCUT2D eigenvalue weighted by molar-refractivity contribution is 6.20. The van der Waals surface area contributed by atoms with Crippen molar-refractivity contribution in [3.63, 3.8) is 0 Å². The number of rotatable bonds is 10. The molecule has 0 saturated carbocycles. The van der Waals surface area contributed by atoms with Crippen LogP contribution in [0, 0.1) is 5.41 Å². The van der Waals surface area contributed by atoms with E-state index in [1.165, 1.54) is 32.1 Å². The lowest BCUT2D eigenvalue weighted by molar-refractivity contribution is 0.0998. The first-order valence-electron chi connectivity index (χ1n) is 14.5. The minimum atomic E-state index is -0.512. The van der Waals surface area contributed by atoms with Crippen molar-refractivity contribution < 1.29 is 9.53 Å². The fourth-order valence-corrected chi connectivity index (χ4v) is 6.20. The number of allylic oxidation sites excluding steroid dienone is 1. The van der Waals surface area contributed by atoms with Crippen LogP contribution < -0.4 is 15.4 Å². The van der Waals surface area contributed by atoms with Gasteiger partial charge in [-0.2, -0.15) is 0 Å². The SMILES string of the molecule is CC(Cl)CCCC1=C(CN2CCN(c3ccc(C(N)=O)c(Oc4cnc5[nH]ccc5c4)c3)CC2)CCC(C)(C)C1. The number of aromatic amines is 1. The quantitative estimate of drug-likeness (QED) is 0.207. The van der Waals surface area contributed by atoms with Crippen LogP contribution in [0.3, 0.4) is 0 Å². The van der Waals surface area contributed by atoms with Gasteiger partial charge in [-0.15, -0.1) is 11.6 Å². The average Bonchev–Trinajstić information content (AvgIpc) is 3.38. The van der Waals surface area contributed by atoms with E-state index in [1.807, 2.05) is 30.5 Å². The van der Waals surface area contributed by atoms with Crippen LogP contribution in [-0.4, -0.2) is 58.9 Å². The normalized spacial score (nSPS) is 18.8. The van der Waals surface area contributed by atoms with Crippen LogP contribution >= 0.6 is 11.6 Å². The second-order valence-corrected chi connectivity index (χ2v) is 13.0. The Morgan fingerprint density at radius 2 is 1.98 bits per heavy atom. The molecule has 3 aromatic rings. The number of hydrogen-bond donors (Lipinski definition) is 2. The molecule has 2 aromatic heterocycles. The lowest BCUT2D eigenvalue weighted by Crippen LogP contribution is -2.47. The van der Waals surface area contributed by atoms with E-state index in [0.717, 1.165) is 55.9 Å². The third kappa shape index (κ3) is 6.99. The summed E-state index contributed by atoms with van der Waals surface area (Å²) in [6.07, 6.45) is 10.6. The van der Waals surface area contributed by atoms with Crippen LogP contribution in [0.25, 0.3) is 11.0 Å². The Labute approximate surface area is 242 Å². The summed E-state index contributed by atoms with van der Waals surface area (Å²) in [6, 6.07) is 9.51. The van der Waals surface area contributed by atoms with Crippen molar-refractivity contribution in [2.75, 3.05) is 37.6 Å². The molecule has 1 atom stereocenters. The number of alkyl halides is 1. The fraction of sp³-hybridized carbons (Fsp3) is 0.500. The number of aromatic nitrogens is 2. The molecule has 3 heterocycles. The molecule has 7 nitrogen and oxygen atoms in total. The smallest absolute Gasteiger partial charge is 0.252 e. The molecule has 1 aliphatic heterocycles. The van der Waals surface area contributed by atoms with Gasteiger partial charge < -0.3 is 20.4 Å². The van der Waals surface area contributed by atoms with Crippen LogP contribution in [-0.2, 0) is 0 Å². The molecule has 2 aliphatic rings. The van der Waals surface area contributed by atoms with Gasteiger partial charge in [0.05, 0.1) is 11.8 Å². The number of primary amides is 1. The highest BCUT2D eigenvalue weighted by Gasteiger charge is 2.28. The highest BCUT2D eigenvalue weighted by atomic mass is 35.5. The molecule has 1 fully saturated rings. The molecule has 1 amide bonds. The van der Waals surface area contributed by atoms with Crippen LogP contribution in [0.2, 0.25) is 0 Å². The minimum Gasteiger partial charge on any atom is -0.455 e. The number of hydrogen-bond acceptors (Lipinski definition) is 5. The van der Waals surface area contributed by atoms with Gasteiger partial charge in [-0.1, -0.05) is 25.0 Å². The number of nitrogens with one attached hydrogen (secondary N) is 1. The molecular weight excluding hydrogens is 522 g/mol. The highest BCUT2D eigenvalue weighted by Crippen LogP contribution is 2.41. The summed E-state index contributed by atoms with van der Waals surface area (Å²) in [4.78, 5) is 24.6. The van der Waals surface area contributed by atoms with Crippen molar-refractivity contribution in [3.05, 3.63) is 59.4 Å². The van der Waals surface area contributed by atoms with Crippen LogP contribution in [0.15, 0.2) is 53.9 Å². The molecule has 214 valence electrons. The molecule has 5 rings (SSSR count). The van der Waals surface area contributed by atoms with E-state index in [0.29, 0.717) is 22.5 Å². The summed E-state index contributed by atoms with van der Waals surface area (Å²) in [6.45, 7) is 11.8. The number of halogens is 1. The first-order valence-corrected chi connectivity index (χ1v) is 15.0. The van der Waals surface area contributed by atoms with Crippen molar-refractivity contribution in [2.24, 2.45) is 11.1 Å². The summed E-state index contributed by atoms with van der Waals surface area (Å²) >= 11 is 6.23. The number of carbonyl (C=O) groups is 1. The average molecular weight is 564 g/mol. The predicted molar refractivity (Wildman–Crippen MR) is 164 cm³/mol. The van der Waals surface area contributed by atoms with Gasteiger partial charge in [0.2, 0.25) is 0 Å². The van der Waals surface area contributed by atoms with E-state index in [4.69, 9.17) is 22.1 Å². The van der Waals surface area contributed by atoms with Crippen molar-refractivity contribution in [3.8, 4) is 11.5 Å². The number of ether oxygens (including phenoxy) is 1. The molecule has 0 bridgehead atoms. The van der Waals surface area contributed by atoms with Crippen molar-refractivity contribution in [2.45, 2.75) is 64.7 Å². The topological polar surface area (TPSA) is 87.5 Å². The number of benzene rings is 1. The van der Waals surface area contributed by atoms with Crippen LogP contribution in [0.1, 0.15) is 69.7 Å². The maximum atomic E-state index is 12.2. The molecule has 1 aromatic carbocycles. The molecule has 1 unspecified atom stereocenters. The second kappa shape index (κ2) is 12.2. The number of carbonyl (C=O) groups excluding carboxylic acids is 1. The summed E-state index contributed by atoms with van der Waals surface area (Å²) in [5.74, 6) is 0.508.